The van der Waals surface area contributed by atoms with E-state index in [4.69, 9.17) is 11.6 Å². The predicted molar refractivity (Wildman–Crippen MR) is 156 cm³/mol. The van der Waals surface area contributed by atoms with E-state index in [-0.39, 0.29) is 24.3 Å². The highest BCUT2D eigenvalue weighted by atomic mass is 35.5. The lowest BCUT2D eigenvalue weighted by Crippen LogP contribution is -2.38. The lowest BCUT2D eigenvalue weighted by molar-refractivity contribution is 0.260. The Hall–Kier alpha value is -4.83. The van der Waals surface area contributed by atoms with E-state index in [9.17, 15) is 14.9 Å². The Kier molecular flexibility index (Phi) is 7.30. The lowest BCUT2D eigenvalue weighted by atomic mass is 10.0. The van der Waals surface area contributed by atoms with Gasteiger partial charge in [0.15, 0.2) is 0 Å². The van der Waals surface area contributed by atoms with E-state index >= 15 is 0 Å². The summed E-state index contributed by atoms with van der Waals surface area (Å²) in [7, 11) is 0. The number of hydrogen-bond donors (Lipinski definition) is 4. The second-order valence-corrected chi connectivity index (χ2v) is 10.5. The highest BCUT2D eigenvalue weighted by Gasteiger charge is 2.32. The van der Waals surface area contributed by atoms with Crippen LogP contribution in [-0.4, -0.2) is 16.0 Å². The highest BCUT2D eigenvalue weighted by molar-refractivity contribution is 6.35. The molecular weight excluding hydrogens is 539 g/mol. The molecule has 4 aromatic rings. The molecule has 1 fully saturated rings. The van der Waals surface area contributed by atoms with Gasteiger partial charge in [-0.15, -0.1) is 5.53 Å². The zero-order valence-electron chi connectivity index (χ0n) is 21.9. The minimum atomic E-state index is -0.362. The van der Waals surface area contributed by atoms with Crippen LogP contribution in [0.1, 0.15) is 48.0 Å². The quantitative estimate of drug-likeness (QED) is 0.183. The molecule has 41 heavy (non-hydrogen) atoms. The number of nitrogens with one attached hydrogen (secondary N) is 4. The van der Waals surface area contributed by atoms with Gasteiger partial charge >= 0.3 is 0 Å². The van der Waals surface area contributed by atoms with Gasteiger partial charge in [0.25, 0.3) is 0 Å². The molecule has 4 N–H and O–H groups in total. The highest BCUT2D eigenvalue weighted by Crippen LogP contribution is 2.38. The first-order valence-corrected chi connectivity index (χ1v) is 13.7. The van der Waals surface area contributed by atoms with E-state index in [2.05, 4.69) is 38.7 Å². The summed E-state index contributed by atoms with van der Waals surface area (Å²) in [4.78, 5) is 4.47. The maximum atomic E-state index is 13.8. The van der Waals surface area contributed by atoms with Crippen molar-refractivity contribution in [2.24, 2.45) is 0 Å². The maximum Gasteiger partial charge on any atom is 0.123 e. The molecule has 2 heterocycles. The number of nitrogens with zero attached hydrogens (tertiary/aromatic N) is 4. The summed E-state index contributed by atoms with van der Waals surface area (Å²) in [6.45, 7) is 0. The molecule has 0 amide bonds. The average molecular weight is 565 g/mol. The van der Waals surface area contributed by atoms with Crippen LogP contribution < -0.4 is 21.6 Å². The number of aromatic nitrogens is 1. The number of fused-ring (bicyclic) bond motifs is 1. The molecule has 204 valence electrons. The van der Waals surface area contributed by atoms with E-state index < -0.39 is 0 Å². The maximum absolute atomic E-state index is 13.8. The van der Waals surface area contributed by atoms with Gasteiger partial charge in [0.05, 0.1) is 52.1 Å². The number of hydrogen-bond acceptors (Lipinski definition) is 8. The number of anilines is 2. The Bertz CT molecular complexity index is 1690. The van der Waals surface area contributed by atoms with Crippen molar-refractivity contribution in [3.63, 3.8) is 0 Å². The van der Waals surface area contributed by atoms with Gasteiger partial charge in [-0.05, 0) is 48.2 Å². The van der Waals surface area contributed by atoms with Crippen molar-refractivity contribution in [1.29, 1.82) is 10.5 Å². The fraction of sp³-hybridized carbons (Fsp3) is 0.194. The Labute approximate surface area is 242 Å². The number of nitriles is 2. The first kappa shape index (κ1) is 26.4. The fourth-order valence-electron chi connectivity index (χ4n) is 4.99. The molecule has 0 bridgehead atoms. The van der Waals surface area contributed by atoms with Crippen LogP contribution in [0.15, 0.2) is 84.8 Å². The molecule has 8 nitrogen and oxygen atoms in total. The summed E-state index contributed by atoms with van der Waals surface area (Å²) in [5.74, 6) is -0.316. The van der Waals surface area contributed by atoms with Crippen LogP contribution in [0.4, 0.5) is 15.8 Å². The number of pyridine rings is 1. The monoisotopic (exact) mass is 564 g/mol. The molecule has 6 rings (SSSR count). The van der Waals surface area contributed by atoms with E-state index in [0.717, 1.165) is 29.7 Å². The first-order valence-electron chi connectivity index (χ1n) is 13.3. The summed E-state index contributed by atoms with van der Waals surface area (Å²) in [6.07, 6.45) is 5.95. The van der Waals surface area contributed by atoms with Crippen LogP contribution in [0.25, 0.3) is 10.9 Å². The average Bonchev–Trinajstić information content (AvgIpc) is 3.73. The molecule has 1 saturated carbocycles. The molecular formula is C31H26ClFN8. The van der Waals surface area contributed by atoms with Crippen LogP contribution in [0.5, 0.6) is 0 Å². The Balaban J connectivity index is 1.41. The lowest BCUT2D eigenvalue weighted by Gasteiger charge is -2.23. The van der Waals surface area contributed by atoms with Crippen LogP contribution in [0, 0.1) is 28.5 Å². The topological polar surface area (TPSA) is 112 Å². The third-order valence-electron chi connectivity index (χ3n) is 7.23. The van der Waals surface area contributed by atoms with Gasteiger partial charge in [0.1, 0.15) is 11.9 Å². The van der Waals surface area contributed by atoms with Crippen LogP contribution in [0.2, 0.25) is 5.02 Å². The van der Waals surface area contributed by atoms with Gasteiger partial charge in [0, 0.05) is 29.5 Å². The van der Waals surface area contributed by atoms with Crippen molar-refractivity contribution >= 4 is 33.9 Å². The molecule has 2 atom stereocenters. The molecule has 1 aromatic heterocycles. The molecule has 1 aliphatic carbocycles. The summed E-state index contributed by atoms with van der Waals surface area (Å²) >= 11 is 6.76. The van der Waals surface area contributed by atoms with E-state index in [1.54, 1.807) is 18.2 Å². The minimum Gasteiger partial charge on any atom is -0.376 e. The van der Waals surface area contributed by atoms with Crippen molar-refractivity contribution in [3.8, 4) is 12.1 Å². The molecule has 2 aliphatic rings. The molecule has 1 aliphatic heterocycles. The van der Waals surface area contributed by atoms with Gasteiger partial charge in [0.2, 0.25) is 0 Å². The molecule has 0 radical (unpaired) electrons. The minimum absolute atomic E-state index is 0.196. The van der Waals surface area contributed by atoms with Crippen molar-refractivity contribution in [1.82, 2.24) is 21.0 Å². The van der Waals surface area contributed by atoms with Gasteiger partial charge in [-0.1, -0.05) is 54.1 Å². The van der Waals surface area contributed by atoms with Gasteiger partial charge in [-0.25, -0.2) is 4.39 Å². The second-order valence-electron chi connectivity index (χ2n) is 10.1. The first-order chi connectivity index (χ1) is 20.0. The molecule has 1 unspecified atom stereocenters. The Morgan fingerprint density at radius 3 is 2.54 bits per heavy atom. The Morgan fingerprint density at radius 2 is 1.83 bits per heavy atom. The summed E-state index contributed by atoms with van der Waals surface area (Å²) in [6, 6.07) is 23.9. The van der Waals surface area contributed by atoms with Crippen molar-refractivity contribution in [2.45, 2.75) is 37.4 Å². The standard InChI is InChI=1S/C31H26ClFN8/c32-26-15-23(37-30(20-6-8-22(33)9-7-20)28-18-41(40-39-28)24-10-11-24)14-25-29(21(16-35)17-36-31(25)26)38-27(12-13-34)19-4-2-1-3-5-19/h1-9,14-15,17-18,24,27,30,37,39-40H,10-12H2,(H,36,38)/t27-,30?/m1/s1. The third kappa shape index (κ3) is 5.59. The number of halogens is 2. The third-order valence-corrected chi connectivity index (χ3v) is 7.52. The van der Waals surface area contributed by atoms with Gasteiger partial charge in [-0.2, -0.15) is 10.5 Å². The molecule has 0 spiro atoms. The SMILES string of the molecule is N#CC[C@@H](Nc1c(C#N)cnc2c(Cl)cc(NC(C3=CN(C4CC4)NN3)c3ccc(F)cc3)cc12)c1ccccc1. The second kappa shape index (κ2) is 11.3. The predicted octanol–water partition coefficient (Wildman–Crippen LogP) is 6.45. The number of hydrazine groups is 2. The van der Waals surface area contributed by atoms with Crippen LogP contribution in [0.3, 0.4) is 0 Å². The normalized spacial score (nSPS) is 15.8. The smallest absolute Gasteiger partial charge is 0.123 e. The fourth-order valence-corrected chi connectivity index (χ4v) is 5.26. The van der Waals surface area contributed by atoms with Crippen LogP contribution >= 0.6 is 11.6 Å². The zero-order valence-corrected chi connectivity index (χ0v) is 22.7. The van der Waals surface area contributed by atoms with Crippen LogP contribution in [-0.2, 0) is 0 Å². The van der Waals surface area contributed by atoms with Gasteiger partial charge in [-0.3, -0.25) is 9.99 Å². The molecule has 10 heteroatoms. The summed E-state index contributed by atoms with van der Waals surface area (Å²) in [5.41, 5.74) is 11.2. The summed E-state index contributed by atoms with van der Waals surface area (Å²) in [5, 5.41) is 29.6. The van der Waals surface area contributed by atoms with E-state index in [1.807, 2.05) is 47.6 Å². The zero-order chi connectivity index (χ0) is 28.3. The number of rotatable bonds is 9. The van der Waals surface area contributed by atoms with Crippen molar-refractivity contribution in [3.05, 3.63) is 112 Å². The van der Waals surface area contributed by atoms with Gasteiger partial charge < -0.3 is 16.1 Å². The molecule has 0 saturated heterocycles. The largest absolute Gasteiger partial charge is 0.376 e. The van der Waals surface area contributed by atoms with E-state index in [1.165, 1.54) is 18.3 Å². The Morgan fingerprint density at radius 1 is 1.05 bits per heavy atom. The van der Waals surface area contributed by atoms with E-state index in [0.29, 0.717) is 38.9 Å². The summed E-state index contributed by atoms with van der Waals surface area (Å²) < 4.78 is 13.8. The molecule has 3 aromatic carbocycles. The number of benzene rings is 3. The van der Waals surface area contributed by atoms with Crippen molar-refractivity contribution < 1.29 is 4.39 Å². The van der Waals surface area contributed by atoms with Crippen molar-refractivity contribution in [2.75, 3.05) is 10.6 Å².